The molecule has 0 radical (unpaired) electrons. The van der Waals surface area contributed by atoms with Crippen molar-refractivity contribution >= 4 is 17.5 Å². The Hall–Kier alpha value is -3.14. The fraction of sp³-hybridized carbons (Fsp3) is 0.500. The molecule has 4 N–H and O–H groups in total. The summed E-state index contributed by atoms with van der Waals surface area (Å²) in [6.45, 7) is 5.23. The van der Waals surface area contributed by atoms with Crippen LogP contribution in [-0.4, -0.2) is 65.7 Å². The molecular weight excluding hydrogens is 399 g/mol. The first-order valence-electron chi connectivity index (χ1n) is 8.26. The van der Waals surface area contributed by atoms with Gasteiger partial charge in [-0.15, -0.1) is 10.6 Å². The lowest BCUT2D eigenvalue weighted by molar-refractivity contribution is -0.995. The highest BCUT2D eigenvalue weighted by atomic mass is 19.1. The Balaban J connectivity index is 0.000000291. The van der Waals surface area contributed by atoms with Crippen molar-refractivity contribution in [1.29, 1.82) is 0 Å². The molecule has 1 fully saturated rings. The van der Waals surface area contributed by atoms with E-state index in [2.05, 4.69) is 10.7 Å². The van der Waals surface area contributed by atoms with Gasteiger partial charge in [-0.3, -0.25) is 20.2 Å². The maximum Gasteiger partial charge on any atom is 0.409 e. The summed E-state index contributed by atoms with van der Waals surface area (Å²) in [5, 5.41) is 22.7. The van der Waals surface area contributed by atoms with Gasteiger partial charge >= 0.3 is 17.5 Å². The number of hydrogen-bond donors (Lipinski definition) is 2. The number of quaternary nitrogens is 1. The van der Waals surface area contributed by atoms with Crippen LogP contribution in [0.4, 0.5) is 20.6 Å². The Labute approximate surface area is 164 Å². The molecule has 0 saturated carbocycles. The topological polar surface area (TPSA) is 180 Å². The third-order valence-corrected chi connectivity index (χ3v) is 3.64. The van der Waals surface area contributed by atoms with Gasteiger partial charge in [0.05, 0.1) is 36.7 Å². The summed E-state index contributed by atoms with van der Waals surface area (Å²) >= 11 is 0. The van der Waals surface area contributed by atoms with E-state index in [4.69, 9.17) is 9.57 Å². The van der Waals surface area contributed by atoms with Gasteiger partial charge in [0.25, 0.3) is 0 Å². The number of nitro benzene ring substituents is 2. The number of amides is 1. The molecule has 1 aromatic rings. The number of rotatable bonds is 6. The molecule has 0 aromatic heterocycles. The minimum Gasteiger partial charge on any atom is -0.450 e. The van der Waals surface area contributed by atoms with Crippen molar-refractivity contribution < 1.29 is 39.0 Å². The minimum absolute atomic E-state index is 0.218. The van der Waals surface area contributed by atoms with Gasteiger partial charge in [0, 0.05) is 19.2 Å². The lowest BCUT2D eigenvalue weighted by Gasteiger charge is -2.30. The van der Waals surface area contributed by atoms with Crippen molar-refractivity contribution in [1.82, 2.24) is 9.91 Å². The first kappa shape index (κ1) is 23.9. The van der Waals surface area contributed by atoms with Gasteiger partial charge in [-0.25, -0.2) is 4.79 Å². The zero-order valence-corrected chi connectivity index (χ0v) is 15.8. The molecule has 14 nitrogen and oxygen atoms in total. The predicted octanol–water partition coefficient (Wildman–Crippen LogP) is -0.305. The van der Waals surface area contributed by atoms with Crippen LogP contribution in [0.25, 0.3) is 0 Å². The van der Waals surface area contributed by atoms with Crippen molar-refractivity contribution in [3.05, 3.63) is 38.2 Å². The second-order valence-electron chi connectivity index (χ2n) is 5.47. The summed E-state index contributed by atoms with van der Waals surface area (Å²) in [7, 11) is 1.62. The van der Waals surface area contributed by atoms with E-state index in [1.807, 2.05) is 11.9 Å². The Morgan fingerprint density at radius 2 is 1.79 bits per heavy atom. The van der Waals surface area contributed by atoms with E-state index >= 15 is 0 Å². The molecule has 1 saturated heterocycles. The molecular formula is C14H22FN6O8+. The number of hydrogen-bond acceptors (Lipinski definition) is 10. The van der Waals surface area contributed by atoms with Gasteiger partial charge < -0.3 is 14.5 Å². The molecule has 15 heteroatoms. The summed E-state index contributed by atoms with van der Waals surface area (Å²) in [4.78, 5) is 40.5. The minimum atomic E-state index is -1.26. The number of piperazine rings is 1. The average molecular weight is 421 g/mol. The Kier molecular flexibility index (Phi) is 9.60. The number of halogens is 1. The number of carbonyl (C=O) groups is 1. The van der Waals surface area contributed by atoms with E-state index in [1.54, 1.807) is 17.6 Å². The highest BCUT2D eigenvalue weighted by molar-refractivity contribution is 5.67. The summed E-state index contributed by atoms with van der Waals surface area (Å²) in [5.74, 6) is 2.80. The maximum absolute atomic E-state index is 12.9. The van der Waals surface area contributed by atoms with Crippen LogP contribution in [0.1, 0.15) is 6.92 Å². The summed E-state index contributed by atoms with van der Waals surface area (Å²) in [6, 6.07) is 0.924. The third-order valence-electron chi connectivity index (χ3n) is 3.64. The molecule has 29 heavy (non-hydrogen) atoms. The smallest absolute Gasteiger partial charge is 0.409 e. The molecule has 1 aliphatic rings. The van der Waals surface area contributed by atoms with Gasteiger partial charge in [-0.2, -0.15) is 15.1 Å². The van der Waals surface area contributed by atoms with E-state index in [1.165, 1.54) is 0 Å². The number of nitro groups is 2. The molecule has 1 heterocycles. The zero-order valence-electron chi connectivity index (χ0n) is 15.8. The number of ether oxygens (including phenoxy) is 1. The second kappa shape index (κ2) is 11.6. The van der Waals surface area contributed by atoms with Gasteiger partial charge in [-0.05, 0) is 6.92 Å². The number of carbonyl (C=O) groups excluding carboxylic acids is 1. The SMILES string of the molecule is CCOC(=O)N1CCN([NH2+]OC)CC1.NOc1cc(F)c([N+](=O)[O-])cc1[N+](=O)[O-]. The lowest BCUT2D eigenvalue weighted by atomic mass is 10.2. The summed E-state index contributed by atoms with van der Waals surface area (Å²) in [6.07, 6.45) is -0.218. The molecule has 162 valence electrons. The fourth-order valence-corrected chi connectivity index (χ4v) is 2.28. The molecule has 0 spiro atoms. The summed E-state index contributed by atoms with van der Waals surface area (Å²) < 4.78 is 17.8. The van der Waals surface area contributed by atoms with Gasteiger partial charge in [0.15, 0.2) is 0 Å². The molecule has 0 atom stereocenters. The van der Waals surface area contributed by atoms with Crippen LogP contribution < -0.4 is 16.3 Å². The fourth-order valence-electron chi connectivity index (χ4n) is 2.28. The van der Waals surface area contributed by atoms with Crippen molar-refractivity contribution in [3.63, 3.8) is 0 Å². The van der Waals surface area contributed by atoms with Gasteiger partial charge in [0.1, 0.15) is 6.07 Å². The second-order valence-corrected chi connectivity index (χ2v) is 5.47. The van der Waals surface area contributed by atoms with Crippen molar-refractivity contribution in [2.45, 2.75) is 6.92 Å². The molecule has 0 aliphatic carbocycles. The highest BCUT2D eigenvalue weighted by Gasteiger charge is 2.26. The van der Waals surface area contributed by atoms with E-state index in [0.717, 1.165) is 13.1 Å². The largest absolute Gasteiger partial charge is 0.450 e. The van der Waals surface area contributed by atoms with Crippen LogP contribution >= 0.6 is 0 Å². The van der Waals surface area contributed by atoms with Crippen molar-refractivity contribution in [3.8, 4) is 5.75 Å². The first-order valence-corrected chi connectivity index (χ1v) is 8.26. The Morgan fingerprint density at radius 1 is 1.21 bits per heavy atom. The molecule has 1 aromatic carbocycles. The average Bonchev–Trinajstić information content (AvgIpc) is 2.68. The number of nitrogens with zero attached hydrogens (tertiary/aromatic N) is 4. The molecule has 1 amide bonds. The normalized spacial score (nSPS) is 13.9. The van der Waals surface area contributed by atoms with E-state index in [0.29, 0.717) is 31.8 Å². The Morgan fingerprint density at radius 3 is 2.24 bits per heavy atom. The standard InChI is InChI=1S/C8H17N3O3.C6H4FN3O5/c1-3-14-8(12)10-4-6-11(7-5-10)9-13-2;7-3-1-6(15-8)5(10(13)14)2-4(3)9(11)12/h9H,3-7H2,1-2H3;1-2H,8H2/p+1. The van der Waals surface area contributed by atoms with Crippen LogP contribution in [0.15, 0.2) is 12.1 Å². The van der Waals surface area contributed by atoms with E-state index < -0.39 is 32.8 Å². The van der Waals surface area contributed by atoms with Crippen molar-refractivity contribution in [2.24, 2.45) is 5.90 Å². The van der Waals surface area contributed by atoms with Crippen LogP contribution in [0.2, 0.25) is 0 Å². The first-order chi connectivity index (χ1) is 13.7. The molecule has 0 unspecified atom stereocenters. The highest BCUT2D eigenvalue weighted by Crippen LogP contribution is 2.32. The van der Waals surface area contributed by atoms with Crippen LogP contribution in [-0.2, 0) is 9.57 Å². The van der Waals surface area contributed by atoms with Gasteiger partial charge in [-0.1, -0.05) is 0 Å². The monoisotopic (exact) mass is 421 g/mol. The van der Waals surface area contributed by atoms with E-state index in [9.17, 15) is 29.4 Å². The Bertz CT molecular complexity index is 728. The zero-order chi connectivity index (χ0) is 22.0. The summed E-state index contributed by atoms with van der Waals surface area (Å²) in [5.41, 5.74) is -0.101. The molecule has 0 bridgehead atoms. The maximum atomic E-state index is 12.9. The molecule has 2 rings (SSSR count). The van der Waals surface area contributed by atoms with E-state index in [-0.39, 0.29) is 6.09 Å². The van der Waals surface area contributed by atoms with Crippen molar-refractivity contribution in [2.75, 3.05) is 39.9 Å². The number of nitrogens with two attached hydrogens (primary N) is 2. The predicted molar refractivity (Wildman–Crippen MR) is 93.6 cm³/mol. The lowest BCUT2D eigenvalue weighted by Crippen LogP contribution is -2.94. The third kappa shape index (κ3) is 7.07. The van der Waals surface area contributed by atoms with Crippen LogP contribution in [0, 0.1) is 26.0 Å². The van der Waals surface area contributed by atoms with Gasteiger partial charge in [0.2, 0.25) is 11.6 Å². The quantitative estimate of drug-likeness (QED) is 0.351. The van der Waals surface area contributed by atoms with Crippen LogP contribution in [0.5, 0.6) is 5.75 Å². The van der Waals surface area contributed by atoms with Crippen LogP contribution in [0.3, 0.4) is 0 Å². The molecule has 1 aliphatic heterocycles. The number of benzene rings is 1.